The first kappa shape index (κ1) is 12.5. The lowest BCUT2D eigenvalue weighted by molar-refractivity contribution is -0.126. The van der Waals surface area contributed by atoms with Gasteiger partial charge in [-0.25, -0.2) is 4.90 Å². The predicted octanol–water partition coefficient (Wildman–Crippen LogP) is 2.12. The van der Waals surface area contributed by atoms with Crippen molar-refractivity contribution in [1.29, 1.82) is 0 Å². The number of carbonyl (C=O) groups is 2. The van der Waals surface area contributed by atoms with Crippen molar-refractivity contribution < 1.29 is 14.3 Å². The maximum absolute atomic E-state index is 12.7. The second-order valence-electron chi connectivity index (χ2n) is 5.62. The molecule has 0 N–H and O–H groups in total. The fourth-order valence-electron chi connectivity index (χ4n) is 3.52. The highest BCUT2D eigenvalue weighted by atomic mass is 127. The Balaban J connectivity index is 1.79. The van der Waals surface area contributed by atoms with E-state index in [9.17, 15) is 9.59 Å². The molecule has 0 saturated carbocycles. The summed E-state index contributed by atoms with van der Waals surface area (Å²) < 4.78 is 6.80. The Hall–Kier alpha value is -1.21. The van der Waals surface area contributed by atoms with Crippen molar-refractivity contribution in [3.05, 3.63) is 40.0 Å². The number of amides is 2. The van der Waals surface area contributed by atoms with Gasteiger partial charge in [-0.1, -0.05) is 18.2 Å². The molecule has 2 bridgehead atoms. The number of rotatable bonds is 1. The first-order valence-electron chi connectivity index (χ1n) is 6.52. The molecule has 0 radical (unpaired) electrons. The van der Waals surface area contributed by atoms with Crippen LogP contribution >= 0.6 is 22.6 Å². The van der Waals surface area contributed by atoms with E-state index in [1.165, 1.54) is 4.90 Å². The second-order valence-corrected chi connectivity index (χ2v) is 6.87. The summed E-state index contributed by atoms with van der Waals surface area (Å²) in [6, 6.07) is 7.45. The molecular weight excluding hydrogens is 369 g/mol. The van der Waals surface area contributed by atoms with Gasteiger partial charge in [0.1, 0.15) is 0 Å². The van der Waals surface area contributed by atoms with Crippen LogP contribution in [0, 0.1) is 15.4 Å². The molecule has 1 aromatic carbocycles. The summed E-state index contributed by atoms with van der Waals surface area (Å²) in [5, 5.41) is 0. The fraction of sp³-hybridized carbons (Fsp3) is 0.333. The molecule has 3 aliphatic heterocycles. The van der Waals surface area contributed by atoms with Crippen LogP contribution in [0.4, 0.5) is 5.69 Å². The third-order valence-electron chi connectivity index (χ3n) is 4.40. The molecule has 20 heavy (non-hydrogen) atoms. The number of hydrogen-bond donors (Lipinski definition) is 0. The van der Waals surface area contributed by atoms with Gasteiger partial charge in [0.2, 0.25) is 11.8 Å². The topological polar surface area (TPSA) is 46.6 Å². The van der Waals surface area contributed by atoms with Crippen LogP contribution in [0.2, 0.25) is 0 Å². The van der Waals surface area contributed by atoms with E-state index in [0.29, 0.717) is 5.69 Å². The number of hydrogen-bond acceptors (Lipinski definition) is 3. The van der Waals surface area contributed by atoms with Gasteiger partial charge in [0, 0.05) is 3.57 Å². The minimum absolute atomic E-state index is 0.139. The molecule has 3 heterocycles. The van der Waals surface area contributed by atoms with E-state index < -0.39 is 5.60 Å². The molecule has 0 unspecified atom stereocenters. The van der Waals surface area contributed by atoms with E-state index in [1.54, 1.807) is 6.07 Å². The van der Waals surface area contributed by atoms with Gasteiger partial charge in [0.05, 0.1) is 29.2 Å². The highest BCUT2D eigenvalue weighted by Crippen LogP contribution is 2.52. The summed E-state index contributed by atoms with van der Waals surface area (Å²) in [5.41, 5.74) is 0.0305. The summed E-state index contributed by atoms with van der Waals surface area (Å²) in [7, 11) is 0. The minimum Gasteiger partial charge on any atom is -0.362 e. The third kappa shape index (κ3) is 1.45. The standard InChI is InChI=1S/C15H12INO3/c1-15-6-5-10(20-15)11-12(15)14(19)17(13(11)18)9-4-2-3-8(16)7-9/h2-7,10-12H,1H3/t10-,11+,12+,15+/m0/s1. The van der Waals surface area contributed by atoms with Gasteiger partial charge in [0.15, 0.2) is 0 Å². The predicted molar refractivity (Wildman–Crippen MR) is 81.1 cm³/mol. The maximum atomic E-state index is 12.7. The molecule has 3 aliphatic rings. The number of imide groups is 1. The molecule has 0 aromatic heterocycles. The van der Waals surface area contributed by atoms with Gasteiger partial charge >= 0.3 is 0 Å². The van der Waals surface area contributed by atoms with Crippen LogP contribution in [-0.4, -0.2) is 23.5 Å². The Morgan fingerprint density at radius 3 is 2.80 bits per heavy atom. The Bertz CT molecular complexity index is 671. The minimum atomic E-state index is -0.626. The summed E-state index contributed by atoms with van der Waals surface area (Å²) in [5.74, 6) is -1.03. The largest absolute Gasteiger partial charge is 0.362 e. The third-order valence-corrected chi connectivity index (χ3v) is 5.07. The van der Waals surface area contributed by atoms with Crippen molar-refractivity contribution in [2.45, 2.75) is 18.6 Å². The second kappa shape index (κ2) is 3.92. The molecule has 2 amide bonds. The molecule has 4 rings (SSSR count). The lowest BCUT2D eigenvalue weighted by atomic mass is 9.78. The molecular formula is C15H12INO3. The number of ether oxygens (including phenoxy) is 1. The number of carbonyl (C=O) groups excluding carboxylic acids is 2. The Morgan fingerprint density at radius 2 is 2.10 bits per heavy atom. The van der Waals surface area contributed by atoms with E-state index in [1.807, 2.05) is 37.3 Å². The lowest BCUT2D eigenvalue weighted by Crippen LogP contribution is -2.38. The number of fused-ring (bicyclic) bond motifs is 5. The molecule has 0 aliphatic carbocycles. The number of halogens is 1. The summed E-state index contributed by atoms with van der Waals surface area (Å²) in [6.45, 7) is 1.89. The van der Waals surface area contributed by atoms with Crippen molar-refractivity contribution in [3.8, 4) is 0 Å². The normalized spacial score (nSPS) is 37.9. The van der Waals surface area contributed by atoms with E-state index in [4.69, 9.17) is 4.74 Å². The van der Waals surface area contributed by atoms with Crippen LogP contribution in [0.5, 0.6) is 0 Å². The van der Waals surface area contributed by atoms with Crippen molar-refractivity contribution in [1.82, 2.24) is 0 Å². The smallest absolute Gasteiger partial charge is 0.241 e. The zero-order valence-electron chi connectivity index (χ0n) is 10.7. The van der Waals surface area contributed by atoms with Gasteiger partial charge in [0.25, 0.3) is 0 Å². The van der Waals surface area contributed by atoms with Crippen LogP contribution in [0.3, 0.4) is 0 Å². The molecule has 4 atom stereocenters. The monoisotopic (exact) mass is 381 g/mol. The summed E-state index contributed by atoms with van der Waals surface area (Å²) in [4.78, 5) is 26.7. The fourth-order valence-corrected chi connectivity index (χ4v) is 4.05. The molecule has 4 nitrogen and oxygen atoms in total. The average molecular weight is 381 g/mol. The van der Waals surface area contributed by atoms with Crippen LogP contribution < -0.4 is 4.90 Å². The van der Waals surface area contributed by atoms with Crippen LogP contribution in [0.15, 0.2) is 36.4 Å². The zero-order chi connectivity index (χ0) is 14.1. The molecule has 5 heteroatoms. The Kier molecular flexibility index (Phi) is 2.45. The SMILES string of the molecule is C[C@]12C=C[C@H](O1)[C@H]1C(=O)N(c3cccc(I)c3)C(=O)[C@@H]12. The first-order valence-corrected chi connectivity index (χ1v) is 7.60. The molecule has 2 fully saturated rings. The van der Waals surface area contributed by atoms with Gasteiger partial charge in [-0.2, -0.15) is 0 Å². The Morgan fingerprint density at radius 1 is 1.30 bits per heavy atom. The van der Waals surface area contributed by atoms with E-state index in [0.717, 1.165) is 3.57 Å². The van der Waals surface area contributed by atoms with Crippen molar-refractivity contribution in [2.75, 3.05) is 4.90 Å². The van der Waals surface area contributed by atoms with E-state index in [2.05, 4.69) is 22.6 Å². The first-order chi connectivity index (χ1) is 9.51. The van der Waals surface area contributed by atoms with Crippen molar-refractivity contribution in [2.24, 2.45) is 11.8 Å². The van der Waals surface area contributed by atoms with Gasteiger partial charge < -0.3 is 4.74 Å². The Labute approximate surface area is 129 Å². The van der Waals surface area contributed by atoms with Crippen LogP contribution in [0.1, 0.15) is 6.92 Å². The van der Waals surface area contributed by atoms with E-state index >= 15 is 0 Å². The van der Waals surface area contributed by atoms with Crippen molar-refractivity contribution in [3.63, 3.8) is 0 Å². The molecule has 102 valence electrons. The number of anilines is 1. The summed E-state index contributed by atoms with van der Waals surface area (Å²) >= 11 is 2.18. The lowest BCUT2D eigenvalue weighted by Gasteiger charge is -2.24. The highest BCUT2D eigenvalue weighted by Gasteiger charge is 2.65. The molecule has 1 aromatic rings. The van der Waals surface area contributed by atoms with E-state index in [-0.39, 0.29) is 29.8 Å². The molecule has 2 saturated heterocycles. The van der Waals surface area contributed by atoms with Crippen molar-refractivity contribution >= 4 is 40.1 Å². The quantitative estimate of drug-likeness (QED) is 0.426. The van der Waals surface area contributed by atoms with Gasteiger partial charge in [-0.3, -0.25) is 9.59 Å². The number of benzene rings is 1. The highest BCUT2D eigenvalue weighted by molar-refractivity contribution is 14.1. The van der Waals surface area contributed by atoms with Crippen LogP contribution in [-0.2, 0) is 14.3 Å². The average Bonchev–Trinajstić information content (AvgIpc) is 2.99. The maximum Gasteiger partial charge on any atom is 0.241 e. The summed E-state index contributed by atoms with van der Waals surface area (Å²) in [6.07, 6.45) is 3.57. The number of nitrogens with zero attached hydrogens (tertiary/aromatic N) is 1. The molecule has 0 spiro atoms. The van der Waals surface area contributed by atoms with Gasteiger partial charge in [-0.15, -0.1) is 0 Å². The zero-order valence-corrected chi connectivity index (χ0v) is 12.9. The van der Waals surface area contributed by atoms with Crippen LogP contribution in [0.25, 0.3) is 0 Å². The van der Waals surface area contributed by atoms with Gasteiger partial charge in [-0.05, 0) is 47.7 Å².